The van der Waals surface area contributed by atoms with Crippen LogP contribution in [-0.4, -0.2) is 82.4 Å². The number of carbonyl (C=O) groups excluding carboxylic acids is 2. The van der Waals surface area contributed by atoms with Gasteiger partial charge in [-0.15, -0.1) is 0 Å². The summed E-state index contributed by atoms with van der Waals surface area (Å²) >= 11 is 0. The fraction of sp³-hybridized carbons (Fsp3) is 0.417. The standard InChI is InChI=1S/C24H27N5O4/c1-2-29-8-7-20(26-29)24(31)28-11-14-33-22(16-28)21-15-18(17-5-3-4-6-19(17)25-21)23(30)27-9-12-32-13-10-27/h3-8,15,22H,2,9-14,16H2,1H3/t22-/m0/s1. The summed E-state index contributed by atoms with van der Waals surface area (Å²) in [7, 11) is 0. The second kappa shape index (κ2) is 9.29. The summed E-state index contributed by atoms with van der Waals surface area (Å²) in [5.74, 6) is -0.159. The molecule has 0 spiro atoms. The molecule has 0 radical (unpaired) electrons. The van der Waals surface area contributed by atoms with Gasteiger partial charge in [-0.05, 0) is 25.1 Å². The molecular formula is C24H27N5O4. The first-order valence-corrected chi connectivity index (χ1v) is 11.3. The molecule has 1 atom stereocenters. The summed E-state index contributed by atoms with van der Waals surface area (Å²) in [6.07, 6.45) is 1.39. The van der Waals surface area contributed by atoms with Gasteiger partial charge in [0, 0.05) is 37.8 Å². The Hall–Kier alpha value is -3.30. The highest BCUT2D eigenvalue weighted by Crippen LogP contribution is 2.27. The van der Waals surface area contributed by atoms with E-state index in [0.29, 0.717) is 69.5 Å². The van der Waals surface area contributed by atoms with E-state index in [2.05, 4.69) is 5.10 Å². The number of amides is 2. The maximum Gasteiger partial charge on any atom is 0.274 e. The van der Waals surface area contributed by atoms with E-state index in [0.717, 1.165) is 10.9 Å². The van der Waals surface area contributed by atoms with Gasteiger partial charge in [0.2, 0.25) is 0 Å². The number of fused-ring (bicyclic) bond motifs is 1. The van der Waals surface area contributed by atoms with Gasteiger partial charge in [-0.25, -0.2) is 4.98 Å². The van der Waals surface area contributed by atoms with Crippen LogP contribution in [0, 0.1) is 0 Å². The normalized spacial score (nSPS) is 19.1. The first-order chi connectivity index (χ1) is 16.1. The van der Waals surface area contributed by atoms with Crippen molar-refractivity contribution in [1.29, 1.82) is 0 Å². The largest absolute Gasteiger partial charge is 0.378 e. The third-order valence-electron chi connectivity index (χ3n) is 6.13. The Labute approximate surface area is 191 Å². The predicted molar refractivity (Wildman–Crippen MR) is 121 cm³/mol. The Morgan fingerprint density at radius 3 is 2.61 bits per heavy atom. The number of benzene rings is 1. The van der Waals surface area contributed by atoms with Crippen molar-refractivity contribution in [2.45, 2.75) is 19.6 Å². The van der Waals surface area contributed by atoms with Crippen LogP contribution in [0.2, 0.25) is 0 Å². The van der Waals surface area contributed by atoms with Gasteiger partial charge in [0.1, 0.15) is 11.8 Å². The van der Waals surface area contributed by atoms with Gasteiger partial charge in [-0.2, -0.15) is 5.10 Å². The zero-order valence-electron chi connectivity index (χ0n) is 18.6. The van der Waals surface area contributed by atoms with Gasteiger partial charge in [-0.1, -0.05) is 18.2 Å². The van der Waals surface area contributed by atoms with Crippen molar-refractivity contribution in [2.24, 2.45) is 0 Å². The third-order valence-corrected chi connectivity index (χ3v) is 6.13. The number of hydrogen-bond acceptors (Lipinski definition) is 6. The van der Waals surface area contributed by atoms with Crippen LogP contribution in [0.3, 0.4) is 0 Å². The molecule has 0 saturated carbocycles. The first kappa shape index (κ1) is 21.5. The zero-order chi connectivity index (χ0) is 22.8. The lowest BCUT2D eigenvalue weighted by Crippen LogP contribution is -2.43. The number of rotatable bonds is 4. The van der Waals surface area contributed by atoms with Crippen molar-refractivity contribution in [2.75, 3.05) is 46.0 Å². The fourth-order valence-electron chi connectivity index (χ4n) is 4.30. The molecule has 33 heavy (non-hydrogen) atoms. The van der Waals surface area contributed by atoms with Crippen LogP contribution >= 0.6 is 0 Å². The van der Waals surface area contributed by atoms with Gasteiger partial charge in [0.25, 0.3) is 11.8 Å². The quantitative estimate of drug-likeness (QED) is 0.606. The number of pyridine rings is 1. The lowest BCUT2D eigenvalue weighted by molar-refractivity contribution is -0.0248. The van der Waals surface area contributed by atoms with E-state index >= 15 is 0 Å². The second-order valence-electron chi connectivity index (χ2n) is 8.18. The summed E-state index contributed by atoms with van der Waals surface area (Å²) in [4.78, 5) is 34.7. The van der Waals surface area contributed by atoms with Crippen molar-refractivity contribution in [3.05, 3.63) is 59.5 Å². The molecule has 172 valence electrons. The number of aromatic nitrogens is 3. The van der Waals surface area contributed by atoms with Crippen LogP contribution in [0.25, 0.3) is 10.9 Å². The average Bonchev–Trinajstić information content (AvgIpc) is 3.37. The third kappa shape index (κ3) is 4.34. The number of aryl methyl sites for hydroxylation is 1. The van der Waals surface area contributed by atoms with Gasteiger partial charge in [0.05, 0.1) is 43.1 Å². The number of carbonyl (C=O) groups is 2. The molecule has 2 aromatic heterocycles. The van der Waals surface area contributed by atoms with E-state index < -0.39 is 6.10 Å². The van der Waals surface area contributed by atoms with E-state index in [9.17, 15) is 9.59 Å². The van der Waals surface area contributed by atoms with Crippen molar-refractivity contribution in [3.8, 4) is 0 Å². The van der Waals surface area contributed by atoms with Crippen molar-refractivity contribution in [1.82, 2.24) is 24.6 Å². The molecule has 3 aromatic rings. The molecule has 0 N–H and O–H groups in total. The van der Waals surface area contributed by atoms with E-state index in [4.69, 9.17) is 14.5 Å². The molecule has 0 aliphatic carbocycles. The highest BCUT2D eigenvalue weighted by molar-refractivity contribution is 6.06. The average molecular weight is 450 g/mol. The summed E-state index contributed by atoms with van der Waals surface area (Å²) < 4.78 is 13.1. The SMILES string of the molecule is CCn1ccc(C(=O)N2CCO[C@H](c3cc(C(=O)N4CCOCC4)c4ccccc4n3)C2)n1. The highest BCUT2D eigenvalue weighted by atomic mass is 16.5. The number of nitrogens with zero attached hydrogens (tertiary/aromatic N) is 5. The molecule has 9 nitrogen and oxygen atoms in total. The fourth-order valence-corrected chi connectivity index (χ4v) is 4.30. The highest BCUT2D eigenvalue weighted by Gasteiger charge is 2.30. The van der Waals surface area contributed by atoms with Crippen LogP contribution in [-0.2, 0) is 16.0 Å². The van der Waals surface area contributed by atoms with E-state index in [1.807, 2.05) is 42.2 Å². The molecule has 1 aromatic carbocycles. The summed E-state index contributed by atoms with van der Waals surface area (Å²) in [5.41, 5.74) is 2.42. The van der Waals surface area contributed by atoms with Crippen LogP contribution in [0.1, 0.15) is 39.6 Å². The lowest BCUT2D eigenvalue weighted by atomic mass is 10.0. The Kier molecular flexibility index (Phi) is 6.06. The number of morpholine rings is 2. The molecule has 2 saturated heterocycles. The molecule has 2 aliphatic heterocycles. The summed E-state index contributed by atoms with van der Waals surface area (Å²) in [5, 5.41) is 5.15. The Bertz CT molecular complexity index is 1170. The molecule has 2 amide bonds. The molecule has 5 rings (SSSR count). The minimum Gasteiger partial charge on any atom is -0.378 e. The maximum absolute atomic E-state index is 13.4. The minimum atomic E-state index is -0.420. The molecule has 0 unspecified atom stereocenters. The summed E-state index contributed by atoms with van der Waals surface area (Å²) in [6, 6.07) is 11.2. The van der Waals surface area contributed by atoms with E-state index in [1.54, 1.807) is 21.8 Å². The monoisotopic (exact) mass is 449 g/mol. The number of hydrogen-bond donors (Lipinski definition) is 0. The predicted octanol–water partition coefficient (Wildman–Crippen LogP) is 2.14. The minimum absolute atomic E-state index is 0.0352. The number of ether oxygens (including phenoxy) is 2. The van der Waals surface area contributed by atoms with Crippen molar-refractivity contribution < 1.29 is 19.1 Å². The molecule has 2 aliphatic rings. The van der Waals surface area contributed by atoms with E-state index in [1.165, 1.54) is 0 Å². The van der Waals surface area contributed by atoms with Crippen LogP contribution < -0.4 is 0 Å². The second-order valence-corrected chi connectivity index (χ2v) is 8.18. The smallest absolute Gasteiger partial charge is 0.274 e. The number of para-hydroxylation sites is 1. The molecule has 0 bridgehead atoms. The molecule has 4 heterocycles. The van der Waals surface area contributed by atoms with Crippen molar-refractivity contribution >= 4 is 22.7 Å². The van der Waals surface area contributed by atoms with Gasteiger partial charge in [0.15, 0.2) is 0 Å². The lowest BCUT2D eigenvalue weighted by Gasteiger charge is -2.33. The zero-order valence-corrected chi connectivity index (χ0v) is 18.6. The van der Waals surface area contributed by atoms with Gasteiger partial charge >= 0.3 is 0 Å². The van der Waals surface area contributed by atoms with Crippen LogP contribution in [0.15, 0.2) is 42.6 Å². The van der Waals surface area contributed by atoms with E-state index in [-0.39, 0.29) is 11.8 Å². The molecule has 2 fully saturated rings. The molecular weight excluding hydrogens is 422 g/mol. The van der Waals surface area contributed by atoms with Crippen LogP contribution in [0.5, 0.6) is 0 Å². The first-order valence-electron chi connectivity index (χ1n) is 11.3. The Morgan fingerprint density at radius 1 is 1.03 bits per heavy atom. The Balaban J connectivity index is 1.44. The van der Waals surface area contributed by atoms with Crippen molar-refractivity contribution in [3.63, 3.8) is 0 Å². The van der Waals surface area contributed by atoms with Crippen LogP contribution in [0.4, 0.5) is 0 Å². The maximum atomic E-state index is 13.4. The summed E-state index contributed by atoms with van der Waals surface area (Å²) in [6.45, 7) is 6.14. The topological polar surface area (TPSA) is 89.8 Å². The van der Waals surface area contributed by atoms with Gasteiger partial charge in [-0.3, -0.25) is 14.3 Å². The van der Waals surface area contributed by atoms with Gasteiger partial charge < -0.3 is 19.3 Å². The molecule has 9 heteroatoms. The Morgan fingerprint density at radius 2 is 1.82 bits per heavy atom.